The van der Waals surface area contributed by atoms with Crippen molar-refractivity contribution >= 4 is 6.09 Å². The molecule has 1 amide bonds. The third kappa shape index (κ3) is 1.81. The van der Waals surface area contributed by atoms with Crippen molar-refractivity contribution in [3.63, 3.8) is 0 Å². The maximum atomic E-state index is 13.0. The molecule has 1 saturated heterocycles. The third-order valence-corrected chi connectivity index (χ3v) is 2.77. The molecule has 2 aliphatic heterocycles. The van der Waals surface area contributed by atoms with Crippen molar-refractivity contribution in [3.05, 3.63) is 23.8 Å². The zero-order chi connectivity index (χ0) is 12.8. The first-order valence-electron chi connectivity index (χ1n) is 5.37. The van der Waals surface area contributed by atoms with Crippen molar-refractivity contribution in [1.82, 2.24) is 5.32 Å². The van der Waals surface area contributed by atoms with E-state index < -0.39 is 18.4 Å². The van der Waals surface area contributed by atoms with E-state index in [1.54, 1.807) is 12.1 Å². The molecule has 7 heteroatoms. The van der Waals surface area contributed by atoms with Crippen LogP contribution in [0.5, 0.6) is 11.5 Å². The zero-order valence-corrected chi connectivity index (χ0v) is 9.11. The molecule has 1 fully saturated rings. The molecular formula is C11H9F2NO4. The van der Waals surface area contributed by atoms with Crippen molar-refractivity contribution in [1.29, 1.82) is 0 Å². The van der Waals surface area contributed by atoms with E-state index in [2.05, 4.69) is 14.8 Å². The number of carbonyl (C=O) groups excluding carboxylic acids is 1. The second-order valence-corrected chi connectivity index (χ2v) is 3.96. The van der Waals surface area contributed by atoms with E-state index in [-0.39, 0.29) is 18.1 Å². The van der Waals surface area contributed by atoms with Gasteiger partial charge in [-0.3, -0.25) is 0 Å². The summed E-state index contributed by atoms with van der Waals surface area (Å²) < 4.78 is 39.5. The minimum absolute atomic E-state index is 0.0294. The van der Waals surface area contributed by atoms with Gasteiger partial charge in [0.2, 0.25) is 0 Å². The minimum atomic E-state index is -3.66. The van der Waals surface area contributed by atoms with Gasteiger partial charge in [-0.05, 0) is 6.07 Å². The average Bonchev–Trinajstić information content (AvgIpc) is 2.62. The number of cyclic esters (lactones) is 1. The fourth-order valence-corrected chi connectivity index (χ4v) is 2.02. The molecule has 0 radical (unpaired) electrons. The molecular weight excluding hydrogens is 248 g/mol. The Morgan fingerprint density at radius 3 is 2.94 bits per heavy atom. The highest BCUT2D eigenvalue weighted by Gasteiger charge is 2.45. The van der Waals surface area contributed by atoms with Gasteiger partial charge in [0.15, 0.2) is 11.5 Å². The SMILES string of the molecule is O=C1N[C@@H](c2cccc3c2OC(F)(F)O3)CCO1. The Morgan fingerprint density at radius 2 is 2.17 bits per heavy atom. The molecule has 1 N–H and O–H groups in total. The van der Waals surface area contributed by atoms with Crippen LogP contribution in [0.3, 0.4) is 0 Å². The second-order valence-electron chi connectivity index (χ2n) is 3.96. The smallest absolute Gasteiger partial charge is 0.449 e. The van der Waals surface area contributed by atoms with E-state index >= 15 is 0 Å². The highest BCUT2D eigenvalue weighted by Crippen LogP contribution is 2.45. The lowest BCUT2D eigenvalue weighted by Gasteiger charge is -2.24. The van der Waals surface area contributed by atoms with E-state index in [1.807, 2.05) is 0 Å². The molecule has 96 valence electrons. The molecule has 0 aromatic heterocycles. The summed E-state index contributed by atoms with van der Waals surface area (Å²) in [6, 6.07) is 4.15. The van der Waals surface area contributed by atoms with Gasteiger partial charge < -0.3 is 19.5 Å². The summed E-state index contributed by atoms with van der Waals surface area (Å²) in [6.45, 7) is 0.234. The van der Waals surface area contributed by atoms with Crippen LogP contribution >= 0.6 is 0 Å². The molecule has 0 spiro atoms. The van der Waals surface area contributed by atoms with E-state index in [0.29, 0.717) is 12.0 Å². The number of benzene rings is 1. The number of rotatable bonds is 1. The van der Waals surface area contributed by atoms with Crippen molar-refractivity contribution in [3.8, 4) is 11.5 Å². The van der Waals surface area contributed by atoms with Crippen molar-refractivity contribution in [2.45, 2.75) is 18.8 Å². The third-order valence-electron chi connectivity index (χ3n) is 2.77. The van der Waals surface area contributed by atoms with Crippen LogP contribution in [0.2, 0.25) is 0 Å². The molecule has 0 bridgehead atoms. The van der Waals surface area contributed by atoms with E-state index in [4.69, 9.17) is 4.74 Å². The summed E-state index contributed by atoms with van der Waals surface area (Å²) in [4.78, 5) is 11.1. The number of halogens is 2. The Labute approximate surface area is 101 Å². The summed E-state index contributed by atoms with van der Waals surface area (Å²) in [5.41, 5.74) is 0.460. The predicted octanol–water partition coefficient (Wildman–Crippen LogP) is 2.18. The number of alkyl carbamates (subject to hydrolysis) is 1. The summed E-state index contributed by atoms with van der Waals surface area (Å²) in [7, 11) is 0. The van der Waals surface area contributed by atoms with Gasteiger partial charge >= 0.3 is 12.4 Å². The Kier molecular flexibility index (Phi) is 2.29. The highest BCUT2D eigenvalue weighted by molar-refractivity contribution is 5.69. The van der Waals surface area contributed by atoms with Crippen molar-refractivity contribution in [2.24, 2.45) is 0 Å². The first-order chi connectivity index (χ1) is 8.55. The van der Waals surface area contributed by atoms with Crippen LogP contribution in [-0.4, -0.2) is 19.0 Å². The number of nitrogens with one attached hydrogen (secondary N) is 1. The van der Waals surface area contributed by atoms with Crippen LogP contribution in [0.1, 0.15) is 18.0 Å². The lowest BCUT2D eigenvalue weighted by atomic mass is 10.0. The quantitative estimate of drug-likeness (QED) is 0.837. The molecule has 2 heterocycles. The Balaban J connectivity index is 1.95. The summed E-state index contributed by atoms with van der Waals surface area (Å²) in [6.07, 6.45) is -3.75. The fourth-order valence-electron chi connectivity index (χ4n) is 2.02. The molecule has 0 aliphatic carbocycles. The van der Waals surface area contributed by atoms with Crippen LogP contribution in [0, 0.1) is 0 Å². The lowest BCUT2D eigenvalue weighted by Crippen LogP contribution is -2.35. The van der Waals surface area contributed by atoms with Gasteiger partial charge in [0, 0.05) is 12.0 Å². The van der Waals surface area contributed by atoms with Crippen LogP contribution < -0.4 is 14.8 Å². The van der Waals surface area contributed by atoms with E-state index in [9.17, 15) is 13.6 Å². The van der Waals surface area contributed by atoms with Gasteiger partial charge in [0.25, 0.3) is 0 Å². The monoisotopic (exact) mass is 257 g/mol. The largest absolute Gasteiger partial charge is 0.586 e. The molecule has 2 aliphatic rings. The van der Waals surface area contributed by atoms with Gasteiger partial charge in [-0.2, -0.15) is 0 Å². The fraction of sp³-hybridized carbons (Fsp3) is 0.364. The van der Waals surface area contributed by atoms with Crippen LogP contribution in [0.4, 0.5) is 13.6 Å². The Morgan fingerprint density at radius 1 is 1.33 bits per heavy atom. The van der Waals surface area contributed by atoms with Crippen molar-refractivity contribution < 1.29 is 27.8 Å². The molecule has 1 aromatic rings. The van der Waals surface area contributed by atoms with E-state index in [0.717, 1.165) is 0 Å². The van der Waals surface area contributed by atoms with E-state index in [1.165, 1.54) is 6.07 Å². The molecule has 1 aromatic carbocycles. The van der Waals surface area contributed by atoms with Gasteiger partial charge in [-0.15, -0.1) is 8.78 Å². The maximum Gasteiger partial charge on any atom is 0.586 e. The van der Waals surface area contributed by atoms with Gasteiger partial charge in [0.05, 0.1) is 12.6 Å². The van der Waals surface area contributed by atoms with Crippen LogP contribution in [-0.2, 0) is 4.74 Å². The average molecular weight is 257 g/mol. The van der Waals surface area contributed by atoms with Gasteiger partial charge in [-0.1, -0.05) is 12.1 Å². The normalized spacial score (nSPS) is 24.3. The predicted molar refractivity (Wildman–Crippen MR) is 54.5 cm³/mol. The van der Waals surface area contributed by atoms with Gasteiger partial charge in [-0.25, -0.2) is 4.79 Å². The Bertz CT molecular complexity index is 506. The summed E-state index contributed by atoms with van der Waals surface area (Å²) >= 11 is 0. The number of alkyl halides is 2. The Hall–Kier alpha value is -2.05. The standard InChI is InChI=1S/C11H9F2NO4/c12-11(13)17-8-3-1-2-6(9(8)18-11)7-4-5-16-10(15)14-7/h1-3,7H,4-5H2,(H,14,15)/t7-/m1/s1. The highest BCUT2D eigenvalue weighted by atomic mass is 19.3. The number of amides is 1. The molecule has 0 unspecified atom stereocenters. The van der Waals surface area contributed by atoms with Gasteiger partial charge in [0.1, 0.15) is 0 Å². The topological polar surface area (TPSA) is 56.8 Å². The van der Waals surface area contributed by atoms with Crippen LogP contribution in [0.25, 0.3) is 0 Å². The number of hydrogen-bond acceptors (Lipinski definition) is 4. The molecule has 5 nitrogen and oxygen atoms in total. The number of ether oxygens (including phenoxy) is 3. The molecule has 0 saturated carbocycles. The minimum Gasteiger partial charge on any atom is -0.449 e. The second kappa shape index (κ2) is 3.72. The molecule has 3 rings (SSSR count). The number of para-hydroxylation sites is 1. The first kappa shape index (κ1) is 11.1. The van der Waals surface area contributed by atoms with Crippen LogP contribution in [0.15, 0.2) is 18.2 Å². The number of carbonyl (C=O) groups is 1. The summed E-state index contributed by atoms with van der Waals surface area (Å²) in [5, 5.41) is 2.55. The molecule has 1 atom stereocenters. The molecule has 18 heavy (non-hydrogen) atoms. The maximum absolute atomic E-state index is 13.0. The summed E-state index contributed by atoms with van der Waals surface area (Å²) in [5.74, 6) is -0.0621. The van der Waals surface area contributed by atoms with Crippen molar-refractivity contribution in [2.75, 3.05) is 6.61 Å². The lowest BCUT2D eigenvalue weighted by molar-refractivity contribution is -0.287. The number of hydrogen-bond donors (Lipinski definition) is 1. The first-order valence-corrected chi connectivity index (χ1v) is 5.37. The number of fused-ring (bicyclic) bond motifs is 1. The zero-order valence-electron chi connectivity index (χ0n) is 9.11.